The summed E-state index contributed by atoms with van der Waals surface area (Å²) < 4.78 is 16.8. The molecule has 0 fully saturated rings. The van der Waals surface area contributed by atoms with E-state index in [1.807, 2.05) is 36.5 Å². The van der Waals surface area contributed by atoms with E-state index in [4.69, 9.17) is 14.2 Å². The third kappa shape index (κ3) is 52.6. The zero-order valence-corrected chi connectivity index (χ0v) is 43.1. The molecule has 378 valence electrons. The standard InChI is InChI=1S/C61H98O6/c1-4-7-10-13-16-19-22-25-27-29-31-33-34-36-39-42-45-48-51-54-60(63)66-57-58(56-65-59(62)53-50-47-44-41-38-24-21-18-15-12-9-6-3)67-61(64)55-52-49-46-43-40-37-35-32-30-28-26-23-20-17-14-11-8-5-2/h9,11-12,14,16-23,25-26,28,30,32,35,38,41,58H,4-8,10,13,15,24,27,29,31,33-34,36-37,39-40,42-57H2,1-3H3/b12-9-,14-11-,19-16-,20-17-,21-18-,25-22-,26-23-,30-28-,35-32-,41-38-. The number of unbranched alkanes of at least 4 members (excludes halogenated alkanes) is 21. The van der Waals surface area contributed by atoms with Crippen molar-refractivity contribution in [3.63, 3.8) is 0 Å². The number of hydrogen-bond acceptors (Lipinski definition) is 6. The van der Waals surface area contributed by atoms with Crippen LogP contribution >= 0.6 is 0 Å². The molecule has 0 aliphatic rings. The van der Waals surface area contributed by atoms with Gasteiger partial charge < -0.3 is 14.2 Å². The van der Waals surface area contributed by atoms with E-state index in [1.54, 1.807) is 0 Å². The lowest BCUT2D eigenvalue weighted by atomic mass is 10.1. The Morgan fingerprint density at radius 3 is 1.15 bits per heavy atom. The number of allylic oxidation sites excluding steroid dienone is 20. The Kier molecular flexibility index (Phi) is 51.0. The average Bonchev–Trinajstić information content (AvgIpc) is 3.33. The first-order valence-corrected chi connectivity index (χ1v) is 27.1. The first kappa shape index (κ1) is 62.8. The van der Waals surface area contributed by atoms with Gasteiger partial charge in [0.1, 0.15) is 13.2 Å². The zero-order valence-electron chi connectivity index (χ0n) is 43.1. The number of esters is 3. The monoisotopic (exact) mass is 927 g/mol. The predicted molar refractivity (Wildman–Crippen MR) is 288 cm³/mol. The summed E-state index contributed by atoms with van der Waals surface area (Å²) in [4.78, 5) is 38.1. The second-order valence-corrected chi connectivity index (χ2v) is 17.5. The van der Waals surface area contributed by atoms with Crippen LogP contribution in [0, 0.1) is 0 Å². The van der Waals surface area contributed by atoms with Crippen LogP contribution in [-0.4, -0.2) is 37.2 Å². The molecule has 0 radical (unpaired) electrons. The number of hydrogen-bond donors (Lipinski definition) is 0. The molecular weight excluding hydrogens is 829 g/mol. The Morgan fingerprint density at radius 2 is 0.672 bits per heavy atom. The molecule has 6 nitrogen and oxygen atoms in total. The van der Waals surface area contributed by atoms with Crippen LogP contribution in [0.3, 0.4) is 0 Å². The molecule has 1 atom stereocenters. The summed E-state index contributed by atoms with van der Waals surface area (Å²) in [6.45, 7) is 6.34. The molecule has 0 aromatic rings. The van der Waals surface area contributed by atoms with Crippen LogP contribution < -0.4 is 0 Å². The Bertz CT molecular complexity index is 1440. The van der Waals surface area contributed by atoms with Gasteiger partial charge >= 0.3 is 17.9 Å². The Hall–Kier alpha value is -4.19. The maximum atomic E-state index is 12.8. The van der Waals surface area contributed by atoms with Crippen molar-refractivity contribution < 1.29 is 28.6 Å². The summed E-state index contributed by atoms with van der Waals surface area (Å²) in [6, 6.07) is 0. The summed E-state index contributed by atoms with van der Waals surface area (Å²) in [6.07, 6.45) is 74.7. The van der Waals surface area contributed by atoms with Crippen LogP contribution in [0.15, 0.2) is 122 Å². The molecule has 1 unspecified atom stereocenters. The highest BCUT2D eigenvalue weighted by molar-refractivity contribution is 5.71. The first-order chi connectivity index (χ1) is 33.0. The fourth-order valence-electron chi connectivity index (χ4n) is 7.01. The van der Waals surface area contributed by atoms with Crippen molar-refractivity contribution in [3.05, 3.63) is 122 Å². The smallest absolute Gasteiger partial charge is 0.306 e. The minimum Gasteiger partial charge on any atom is -0.462 e. The molecule has 0 heterocycles. The molecule has 0 rings (SSSR count). The Labute approximate surface area is 412 Å². The lowest BCUT2D eigenvalue weighted by Crippen LogP contribution is -2.30. The highest BCUT2D eigenvalue weighted by Crippen LogP contribution is 2.14. The molecule has 0 aliphatic heterocycles. The highest BCUT2D eigenvalue weighted by atomic mass is 16.6. The average molecular weight is 927 g/mol. The highest BCUT2D eigenvalue weighted by Gasteiger charge is 2.19. The van der Waals surface area contributed by atoms with Gasteiger partial charge in [-0.15, -0.1) is 0 Å². The molecule has 0 saturated carbocycles. The SMILES string of the molecule is CC/C=C\C/C=C\C/C=C\CCCCC(=O)OCC(COC(=O)CCCCCCCCCCCC/C=C\C=C/CCCCC)OC(=O)CCCCCCC\C=C/C=C\C=C/C=C\C=C/CCC. The fraction of sp³-hybridized carbons (Fsp3) is 0.623. The van der Waals surface area contributed by atoms with Crippen molar-refractivity contribution in [2.75, 3.05) is 13.2 Å². The number of rotatable bonds is 47. The second-order valence-electron chi connectivity index (χ2n) is 17.5. The molecule has 6 heteroatoms. The molecule has 0 spiro atoms. The van der Waals surface area contributed by atoms with Crippen LogP contribution in [0.2, 0.25) is 0 Å². The van der Waals surface area contributed by atoms with E-state index < -0.39 is 6.10 Å². The van der Waals surface area contributed by atoms with E-state index in [1.165, 1.54) is 83.5 Å². The van der Waals surface area contributed by atoms with E-state index in [-0.39, 0.29) is 37.5 Å². The van der Waals surface area contributed by atoms with Crippen molar-refractivity contribution in [1.82, 2.24) is 0 Å². The third-order valence-corrected chi connectivity index (χ3v) is 11.1. The summed E-state index contributed by atoms with van der Waals surface area (Å²) in [5.41, 5.74) is 0. The van der Waals surface area contributed by atoms with Crippen molar-refractivity contribution in [2.24, 2.45) is 0 Å². The maximum Gasteiger partial charge on any atom is 0.306 e. The van der Waals surface area contributed by atoms with Gasteiger partial charge in [-0.1, -0.05) is 232 Å². The summed E-state index contributed by atoms with van der Waals surface area (Å²) in [7, 11) is 0. The fourth-order valence-corrected chi connectivity index (χ4v) is 7.01. The van der Waals surface area contributed by atoms with Gasteiger partial charge in [-0.3, -0.25) is 14.4 Å². The Morgan fingerprint density at radius 1 is 0.328 bits per heavy atom. The molecule has 0 aliphatic carbocycles. The minimum atomic E-state index is -0.812. The third-order valence-electron chi connectivity index (χ3n) is 11.1. The van der Waals surface area contributed by atoms with Gasteiger partial charge in [-0.05, 0) is 96.3 Å². The van der Waals surface area contributed by atoms with E-state index in [2.05, 4.69) is 106 Å². The first-order valence-electron chi connectivity index (χ1n) is 27.1. The van der Waals surface area contributed by atoms with Gasteiger partial charge in [-0.25, -0.2) is 0 Å². The van der Waals surface area contributed by atoms with Gasteiger partial charge in [0.15, 0.2) is 6.10 Å². The molecule has 0 aromatic carbocycles. The predicted octanol–water partition coefficient (Wildman–Crippen LogP) is 18.1. The van der Waals surface area contributed by atoms with E-state index in [0.29, 0.717) is 12.8 Å². The number of ether oxygens (including phenoxy) is 3. The van der Waals surface area contributed by atoms with Crippen LogP contribution in [0.5, 0.6) is 0 Å². The maximum absolute atomic E-state index is 12.8. The van der Waals surface area contributed by atoms with Crippen molar-refractivity contribution in [3.8, 4) is 0 Å². The van der Waals surface area contributed by atoms with Gasteiger partial charge in [0, 0.05) is 19.3 Å². The van der Waals surface area contributed by atoms with E-state index in [0.717, 1.165) is 103 Å². The largest absolute Gasteiger partial charge is 0.462 e. The molecule has 0 amide bonds. The molecule has 0 N–H and O–H groups in total. The molecule has 67 heavy (non-hydrogen) atoms. The van der Waals surface area contributed by atoms with Gasteiger partial charge in [-0.2, -0.15) is 0 Å². The van der Waals surface area contributed by atoms with E-state index >= 15 is 0 Å². The lowest BCUT2D eigenvalue weighted by molar-refractivity contribution is -0.167. The lowest BCUT2D eigenvalue weighted by Gasteiger charge is -2.18. The van der Waals surface area contributed by atoms with Gasteiger partial charge in [0.05, 0.1) is 0 Å². The van der Waals surface area contributed by atoms with Crippen LogP contribution in [0.1, 0.15) is 226 Å². The summed E-state index contributed by atoms with van der Waals surface area (Å²) >= 11 is 0. The van der Waals surface area contributed by atoms with Gasteiger partial charge in [0.2, 0.25) is 0 Å². The molecule has 0 aromatic heterocycles. The van der Waals surface area contributed by atoms with Crippen molar-refractivity contribution in [2.45, 2.75) is 232 Å². The normalized spacial score (nSPS) is 13.1. The van der Waals surface area contributed by atoms with Crippen LogP contribution in [0.25, 0.3) is 0 Å². The van der Waals surface area contributed by atoms with Crippen LogP contribution in [0.4, 0.5) is 0 Å². The summed E-state index contributed by atoms with van der Waals surface area (Å²) in [5.74, 6) is -0.981. The minimum absolute atomic E-state index is 0.106. The second kappa shape index (κ2) is 54.4. The molecular formula is C61H98O6. The molecule has 0 saturated heterocycles. The molecule has 0 bridgehead atoms. The zero-order chi connectivity index (χ0) is 48.6. The van der Waals surface area contributed by atoms with Crippen molar-refractivity contribution >= 4 is 17.9 Å². The van der Waals surface area contributed by atoms with E-state index in [9.17, 15) is 14.4 Å². The van der Waals surface area contributed by atoms with Crippen molar-refractivity contribution in [1.29, 1.82) is 0 Å². The topological polar surface area (TPSA) is 78.9 Å². The van der Waals surface area contributed by atoms with Crippen LogP contribution in [-0.2, 0) is 28.6 Å². The quantitative estimate of drug-likeness (QED) is 0.0199. The Balaban J connectivity index is 4.47. The number of carbonyl (C=O) groups is 3. The number of carbonyl (C=O) groups excluding carboxylic acids is 3. The summed E-state index contributed by atoms with van der Waals surface area (Å²) in [5, 5.41) is 0. The van der Waals surface area contributed by atoms with Gasteiger partial charge in [0.25, 0.3) is 0 Å².